The van der Waals surface area contributed by atoms with Crippen molar-refractivity contribution in [3.05, 3.63) is 91.3 Å². The van der Waals surface area contributed by atoms with Crippen LogP contribution in [0, 0.1) is 0 Å². The van der Waals surface area contributed by atoms with Crippen molar-refractivity contribution in [2.75, 3.05) is 0 Å². The fourth-order valence-electron chi connectivity index (χ4n) is 2.75. The molecular formula is C22H16N2O. The highest BCUT2D eigenvalue weighted by molar-refractivity contribution is 5.71. The van der Waals surface area contributed by atoms with Gasteiger partial charge in [0.05, 0.1) is 11.4 Å². The zero-order valence-electron chi connectivity index (χ0n) is 13.5. The third-order valence-corrected chi connectivity index (χ3v) is 4.09. The molecular weight excluding hydrogens is 308 g/mol. The summed E-state index contributed by atoms with van der Waals surface area (Å²) in [4.78, 5) is 9.01. The van der Waals surface area contributed by atoms with E-state index < -0.39 is 0 Å². The van der Waals surface area contributed by atoms with Crippen molar-refractivity contribution in [2.45, 2.75) is 0 Å². The van der Waals surface area contributed by atoms with Gasteiger partial charge in [-0.15, -0.1) is 0 Å². The van der Waals surface area contributed by atoms with Crippen molar-refractivity contribution in [1.82, 2.24) is 9.97 Å². The topological polar surface area (TPSA) is 46.0 Å². The lowest BCUT2D eigenvalue weighted by Gasteiger charge is -2.06. The number of benzene rings is 2. The Morgan fingerprint density at radius 3 is 2.04 bits per heavy atom. The van der Waals surface area contributed by atoms with Crippen LogP contribution in [-0.4, -0.2) is 15.1 Å². The van der Waals surface area contributed by atoms with Gasteiger partial charge in [0.15, 0.2) is 0 Å². The van der Waals surface area contributed by atoms with E-state index in [2.05, 4.69) is 28.2 Å². The highest BCUT2D eigenvalue weighted by Gasteiger charge is 2.05. The number of rotatable bonds is 3. The van der Waals surface area contributed by atoms with E-state index in [1.165, 1.54) is 5.56 Å². The van der Waals surface area contributed by atoms with E-state index in [9.17, 15) is 5.11 Å². The van der Waals surface area contributed by atoms with E-state index in [0.29, 0.717) is 0 Å². The van der Waals surface area contributed by atoms with E-state index in [4.69, 9.17) is 0 Å². The number of nitrogens with zero attached hydrogens (tertiary/aromatic N) is 2. The van der Waals surface area contributed by atoms with Crippen molar-refractivity contribution < 1.29 is 5.11 Å². The summed E-state index contributed by atoms with van der Waals surface area (Å²) in [5.41, 5.74) is 6.00. The quantitative estimate of drug-likeness (QED) is 0.564. The lowest BCUT2D eigenvalue weighted by molar-refractivity contribution is 0.475. The molecule has 2 aromatic heterocycles. The summed E-state index contributed by atoms with van der Waals surface area (Å²) in [6, 6.07) is 25.4. The zero-order chi connectivity index (χ0) is 17.1. The van der Waals surface area contributed by atoms with Gasteiger partial charge in [0.2, 0.25) is 0 Å². The lowest BCUT2D eigenvalue weighted by atomic mass is 10.0. The minimum Gasteiger partial charge on any atom is -0.508 e. The number of aromatic nitrogens is 2. The van der Waals surface area contributed by atoms with E-state index in [1.807, 2.05) is 60.9 Å². The summed E-state index contributed by atoms with van der Waals surface area (Å²) in [6.07, 6.45) is 3.66. The molecule has 4 rings (SSSR count). The summed E-state index contributed by atoms with van der Waals surface area (Å²) in [6.45, 7) is 0. The van der Waals surface area contributed by atoms with E-state index in [0.717, 1.165) is 28.1 Å². The van der Waals surface area contributed by atoms with Crippen LogP contribution in [0.1, 0.15) is 0 Å². The second-order valence-corrected chi connectivity index (χ2v) is 5.77. The van der Waals surface area contributed by atoms with Crippen LogP contribution >= 0.6 is 0 Å². The zero-order valence-corrected chi connectivity index (χ0v) is 13.5. The first-order valence-corrected chi connectivity index (χ1v) is 8.07. The maximum Gasteiger partial charge on any atom is 0.115 e. The van der Waals surface area contributed by atoms with Gasteiger partial charge in [0.1, 0.15) is 5.75 Å². The molecule has 25 heavy (non-hydrogen) atoms. The highest BCUT2D eigenvalue weighted by atomic mass is 16.3. The molecule has 0 fully saturated rings. The first kappa shape index (κ1) is 15.1. The summed E-state index contributed by atoms with van der Waals surface area (Å²) in [5.74, 6) is 0.252. The highest BCUT2D eigenvalue weighted by Crippen LogP contribution is 2.26. The van der Waals surface area contributed by atoms with Gasteiger partial charge in [0.25, 0.3) is 0 Å². The number of hydrogen-bond acceptors (Lipinski definition) is 3. The smallest absolute Gasteiger partial charge is 0.115 e. The van der Waals surface area contributed by atoms with Crippen LogP contribution in [0.4, 0.5) is 0 Å². The molecule has 2 heterocycles. The van der Waals surface area contributed by atoms with E-state index in [1.54, 1.807) is 12.1 Å². The van der Waals surface area contributed by atoms with Crippen molar-refractivity contribution in [1.29, 1.82) is 0 Å². The molecule has 4 aromatic rings. The van der Waals surface area contributed by atoms with Crippen LogP contribution in [-0.2, 0) is 0 Å². The third kappa shape index (κ3) is 3.26. The molecule has 3 heteroatoms. The molecule has 120 valence electrons. The van der Waals surface area contributed by atoms with Gasteiger partial charge >= 0.3 is 0 Å². The SMILES string of the molecule is Oc1ccc(-c2ccc(-c3cc(-c4ccccc4)ccn3)cn2)cc1. The van der Waals surface area contributed by atoms with Crippen LogP contribution in [0.3, 0.4) is 0 Å². The lowest BCUT2D eigenvalue weighted by Crippen LogP contribution is -1.88. The van der Waals surface area contributed by atoms with Crippen molar-refractivity contribution in [3.8, 4) is 39.4 Å². The van der Waals surface area contributed by atoms with Crippen LogP contribution < -0.4 is 0 Å². The molecule has 0 aliphatic rings. The Balaban J connectivity index is 1.65. The molecule has 0 amide bonds. The largest absolute Gasteiger partial charge is 0.508 e. The van der Waals surface area contributed by atoms with Gasteiger partial charge in [-0.05, 0) is 59.7 Å². The predicted octanol–water partition coefficient (Wildman–Crippen LogP) is 5.18. The van der Waals surface area contributed by atoms with Gasteiger partial charge < -0.3 is 5.11 Å². The minimum atomic E-state index is 0.252. The molecule has 3 nitrogen and oxygen atoms in total. The maximum atomic E-state index is 9.39. The summed E-state index contributed by atoms with van der Waals surface area (Å²) < 4.78 is 0. The van der Waals surface area contributed by atoms with E-state index >= 15 is 0 Å². The fourth-order valence-corrected chi connectivity index (χ4v) is 2.75. The van der Waals surface area contributed by atoms with Crippen LogP contribution in [0.15, 0.2) is 91.3 Å². The van der Waals surface area contributed by atoms with Gasteiger partial charge in [-0.25, -0.2) is 0 Å². The average Bonchev–Trinajstić information content (AvgIpc) is 2.70. The Labute approximate surface area is 146 Å². The number of hydrogen-bond donors (Lipinski definition) is 1. The average molecular weight is 324 g/mol. The molecule has 0 saturated heterocycles. The van der Waals surface area contributed by atoms with Crippen LogP contribution in [0.25, 0.3) is 33.6 Å². The second-order valence-electron chi connectivity index (χ2n) is 5.77. The van der Waals surface area contributed by atoms with Gasteiger partial charge in [0, 0.05) is 23.5 Å². The third-order valence-electron chi connectivity index (χ3n) is 4.09. The molecule has 2 aromatic carbocycles. The maximum absolute atomic E-state index is 9.39. The minimum absolute atomic E-state index is 0.252. The number of aromatic hydroxyl groups is 1. The second kappa shape index (κ2) is 6.57. The van der Waals surface area contributed by atoms with Crippen LogP contribution in [0.2, 0.25) is 0 Å². The first-order valence-electron chi connectivity index (χ1n) is 8.07. The molecule has 0 aliphatic heterocycles. The summed E-state index contributed by atoms with van der Waals surface area (Å²) >= 11 is 0. The molecule has 0 unspecified atom stereocenters. The van der Waals surface area contributed by atoms with Gasteiger partial charge in [-0.1, -0.05) is 30.3 Å². The number of pyridine rings is 2. The predicted molar refractivity (Wildman–Crippen MR) is 100 cm³/mol. The molecule has 0 saturated carbocycles. The van der Waals surface area contributed by atoms with Crippen molar-refractivity contribution in [3.63, 3.8) is 0 Å². The monoisotopic (exact) mass is 324 g/mol. The molecule has 0 aliphatic carbocycles. The summed E-state index contributed by atoms with van der Waals surface area (Å²) in [5, 5.41) is 9.39. The molecule has 0 atom stereocenters. The van der Waals surface area contributed by atoms with Crippen LogP contribution in [0.5, 0.6) is 5.75 Å². The van der Waals surface area contributed by atoms with Gasteiger partial charge in [-0.2, -0.15) is 0 Å². The number of phenols is 1. The Morgan fingerprint density at radius 2 is 1.32 bits per heavy atom. The first-order chi connectivity index (χ1) is 12.3. The Kier molecular flexibility index (Phi) is 3.97. The summed E-state index contributed by atoms with van der Waals surface area (Å²) in [7, 11) is 0. The molecule has 1 N–H and O–H groups in total. The Morgan fingerprint density at radius 1 is 0.560 bits per heavy atom. The molecule has 0 bridgehead atoms. The Hall–Kier alpha value is -3.46. The van der Waals surface area contributed by atoms with Gasteiger partial charge in [-0.3, -0.25) is 9.97 Å². The van der Waals surface area contributed by atoms with Crippen molar-refractivity contribution in [2.24, 2.45) is 0 Å². The standard InChI is InChI=1S/C22H16N2O/c25-20-9-6-17(7-10-20)21-11-8-19(15-24-21)22-14-18(12-13-23-22)16-4-2-1-3-5-16/h1-15,25H. The fraction of sp³-hybridized carbons (Fsp3) is 0. The van der Waals surface area contributed by atoms with E-state index in [-0.39, 0.29) is 5.75 Å². The normalized spacial score (nSPS) is 10.6. The molecule has 0 radical (unpaired) electrons. The Bertz CT molecular complexity index is 978. The molecule has 0 spiro atoms. The van der Waals surface area contributed by atoms with Crippen molar-refractivity contribution >= 4 is 0 Å². The number of phenolic OH excluding ortho intramolecular Hbond substituents is 1.